The summed E-state index contributed by atoms with van der Waals surface area (Å²) in [6, 6.07) is 14.2. The summed E-state index contributed by atoms with van der Waals surface area (Å²) in [5.74, 6) is 0.959. The highest BCUT2D eigenvalue weighted by molar-refractivity contribution is 7.99. The second kappa shape index (κ2) is 9.71. The first-order chi connectivity index (χ1) is 14.3. The zero-order valence-corrected chi connectivity index (χ0v) is 17.7. The number of carbonyl (C=O) groups excluding carboxylic acids is 1. The van der Waals surface area contributed by atoms with Crippen molar-refractivity contribution in [2.24, 2.45) is 0 Å². The summed E-state index contributed by atoms with van der Waals surface area (Å²) >= 11 is 1.32. The van der Waals surface area contributed by atoms with Gasteiger partial charge in [-0.15, -0.1) is 10.2 Å². The molecule has 0 radical (unpaired) electrons. The van der Waals surface area contributed by atoms with Gasteiger partial charge in [0.15, 0.2) is 5.16 Å². The Morgan fingerprint density at radius 3 is 2.50 bits per heavy atom. The Morgan fingerprint density at radius 1 is 1.13 bits per heavy atom. The van der Waals surface area contributed by atoms with Crippen molar-refractivity contribution in [3.8, 4) is 11.4 Å². The lowest BCUT2D eigenvalue weighted by atomic mass is 10.2. The minimum absolute atomic E-state index is 0.0788. The third kappa shape index (κ3) is 5.35. The lowest BCUT2D eigenvalue weighted by Crippen LogP contribution is -2.27. The van der Waals surface area contributed by atoms with Crippen LogP contribution in [0.1, 0.15) is 17.0 Å². The quantitative estimate of drug-likeness (QED) is 0.499. The van der Waals surface area contributed by atoms with Crippen molar-refractivity contribution in [1.82, 2.24) is 19.7 Å². The van der Waals surface area contributed by atoms with Crippen LogP contribution in [-0.4, -0.2) is 45.0 Å². The number of alkyl halides is 2. The number of carbonyl (C=O) groups is 1. The number of aryl methyl sites for hydroxylation is 2. The van der Waals surface area contributed by atoms with Gasteiger partial charge in [0.25, 0.3) is 0 Å². The average Bonchev–Trinajstić information content (AvgIpc) is 3.08. The van der Waals surface area contributed by atoms with Crippen molar-refractivity contribution < 1.29 is 18.3 Å². The number of amides is 1. The SMILES string of the molecule is Cc1ccccc1-n1c(C)nnc1SCC(=O)N(C)Cc1ccc(OC(F)F)cc1. The van der Waals surface area contributed by atoms with E-state index in [-0.39, 0.29) is 17.4 Å². The Balaban J connectivity index is 1.61. The molecular formula is C21H22F2N4O2S. The first-order valence-corrected chi connectivity index (χ1v) is 10.2. The van der Waals surface area contributed by atoms with E-state index < -0.39 is 6.61 Å². The van der Waals surface area contributed by atoms with Crippen molar-refractivity contribution in [1.29, 1.82) is 0 Å². The molecule has 1 heterocycles. The molecule has 0 atom stereocenters. The number of rotatable bonds is 8. The van der Waals surface area contributed by atoms with E-state index in [0.717, 1.165) is 22.6 Å². The van der Waals surface area contributed by atoms with Crippen molar-refractivity contribution >= 4 is 17.7 Å². The number of ether oxygens (including phenoxy) is 1. The highest BCUT2D eigenvalue weighted by atomic mass is 32.2. The Morgan fingerprint density at radius 2 is 1.83 bits per heavy atom. The second-order valence-corrected chi connectivity index (χ2v) is 7.66. The molecule has 158 valence electrons. The van der Waals surface area contributed by atoms with Gasteiger partial charge >= 0.3 is 6.61 Å². The number of hydrogen-bond acceptors (Lipinski definition) is 5. The molecule has 0 spiro atoms. The fourth-order valence-electron chi connectivity index (χ4n) is 2.90. The number of nitrogens with zero attached hydrogens (tertiary/aromatic N) is 4. The van der Waals surface area contributed by atoms with E-state index >= 15 is 0 Å². The number of halogens is 2. The van der Waals surface area contributed by atoms with E-state index in [1.165, 1.54) is 23.9 Å². The predicted octanol–water partition coefficient (Wildman–Crippen LogP) is 4.24. The van der Waals surface area contributed by atoms with Crippen LogP contribution in [0.2, 0.25) is 0 Å². The van der Waals surface area contributed by atoms with Crippen LogP contribution in [-0.2, 0) is 11.3 Å². The Hall–Kier alpha value is -2.94. The van der Waals surface area contributed by atoms with Crippen LogP contribution in [0.5, 0.6) is 5.75 Å². The highest BCUT2D eigenvalue weighted by Crippen LogP contribution is 2.24. The number of benzene rings is 2. The fraction of sp³-hybridized carbons (Fsp3) is 0.286. The summed E-state index contributed by atoms with van der Waals surface area (Å²) in [5.41, 5.74) is 2.88. The van der Waals surface area contributed by atoms with Gasteiger partial charge in [0, 0.05) is 13.6 Å². The first kappa shape index (κ1) is 21.8. The standard InChI is InChI=1S/C21H22F2N4O2S/c1-14-6-4-5-7-18(14)27-15(2)24-25-21(27)30-13-19(28)26(3)12-16-8-10-17(11-9-16)29-20(22)23/h4-11,20H,12-13H2,1-3H3. The summed E-state index contributed by atoms with van der Waals surface area (Å²) in [4.78, 5) is 14.2. The molecule has 0 aliphatic heterocycles. The summed E-state index contributed by atoms with van der Waals surface area (Å²) in [6.45, 7) is 1.39. The molecule has 1 aromatic heterocycles. The zero-order chi connectivity index (χ0) is 21.7. The molecule has 1 amide bonds. The molecule has 0 N–H and O–H groups in total. The summed E-state index contributed by atoms with van der Waals surface area (Å²) in [6.07, 6.45) is 0. The molecule has 6 nitrogen and oxygen atoms in total. The van der Waals surface area contributed by atoms with Gasteiger partial charge in [-0.05, 0) is 43.2 Å². The lowest BCUT2D eigenvalue weighted by molar-refractivity contribution is -0.127. The van der Waals surface area contributed by atoms with Crippen LogP contribution in [0.3, 0.4) is 0 Å². The van der Waals surface area contributed by atoms with Gasteiger partial charge in [0.2, 0.25) is 5.91 Å². The summed E-state index contributed by atoms with van der Waals surface area (Å²) in [7, 11) is 1.70. The second-order valence-electron chi connectivity index (χ2n) is 6.71. The van der Waals surface area contributed by atoms with Gasteiger partial charge in [0.05, 0.1) is 11.4 Å². The predicted molar refractivity (Wildman–Crippen MR) is 111 cm³/mol. The summed E-state index contributed by atoms with van der Waals surface area (Å²) in [5, 5.41) is 9.02. The minimum atomic E-state index is -2.86. The van der Waals surface area contributed by atoms with Crippen LogP contribution in [0.4, 0.5) is 8.78 Å². The van der Waals surface area contributed by atoms with Crippen molar-refractivity contribution in [3.63, 3.8) is 0 Å². The molecule has 0 bridgehead atoms. The molecule has 3 rings (SSSR count). The van der Waals surface area contributed by atoms with Crippen LogP contribution in [0.15, 0.2) is 53.7 Å². The van der Waals surface area contributed by atoms with Gasteiger partial charge in [-0.3, -0.25) is 9.36 Å². The van der Waals surface area contributed by atoms with E-state index in [2.05, 4.69) is 14.9 Å². The number of aromatic nitrogens is 3. The molecule has 9 heteroatoms. The van der Waals surface area contributed by atoms with Gasteiger partial charge < -0.3 is 9.64 Å². The van der Waals surface area contributed by atoms with E-state index in [0.29, 0.717) is 11.7 Å². The van der Waals surface area contributed by atoms with Crippen molar-refractivity contribution in [2.45, 2.75) is 32.2 Å². The molecule has 0 saturated heterocycles. The third-order valence-corrected chi connectivity index (χ3v) is 5.38. The monoisotopic (exact) mass is 432 g/mol. The van der Waals surface area contributed by atoms with Crippen LogP contribution < -0.4 is 4.74 Å². The Bertz CT molecular complexity index is 1010. The average molecular weight is 432 g/mol. The molecule has 30 heavy (non-hydrogen) atoms. The lowest BCUT2D eigenvalue weighted by Gasteiger charge is -2.17. The molecule has 2 aromatic carbocycles. The molecular weight excluding hydrogens is 410 g/mol. The minimum Gasteiger partial charge on any atom is -0.435 e. The Labute approximate surface area is 177 Å². The topological polar surface area (TPSA) is 60.2 Å². The van der Waals surface area contributed by atoms with Crippen LogP contribution in [0, 0.1) is 13.8 Å². The molecule has 0 unspecified atom stereocenters. The number of hydrogen-bond donors (Lipinski definition) is 0. The first-order valence-electron chi connectivity index (χ1n) is 9.23. The molecule has 0 saturated carbocycles. The number of para-hydroxylation sites is 1. The molecule has 0 aliphatic rings. The molecule has 0 aliphatic carbocycles. The maximum Gasteiger partial charge on any atom is 0.387 e. The van der Waals surface area contributed by atoms with E-state index in [1.54, 1.807) is 24.1 Å². The van der Waals surface area contributed by atoms with E-state index in [1.807, 2.05) is 42.7 Å². The fourth-order valence-corrected chi connectivity index (χ4v) is 3.83. The Kier molecular flexibility index (Phi) is 7.04. The van der Waals surface area contributed by atoms with Gasteiger partial charge in [-0.1, -0.05) is 42.1 Å². The van der Waals surface area contributed by atoms with Gasteiger partial charge in [0.1, 0.15) is 11.6 Å². The van der Waals surface area contributed by atoms with E-state index in [9.17, 15) is 13.6 Å². The zero-order valence-electron chi connectivity index (χ0n) is 16.9. The van der Waals surface area contributed by atoms with Gasteiger partial charge in [-0.2, -0.15) is 8.78 Å². The van der Waals surface area contributed by atoms with Crippen molar-refractivity contribution in [3.05, 3.63) is 65.5 Å². The van der Waals surface area contributed by atoms with Crippen molar-refractivity contribution in [2.75, 3.05) is 12.8 Å². The smallest absolute Gasteiger partial charge is 0.387 e. The normalized spacial score (nSPS) is 11.0. The third-order valence-electron chi connectivity index (χ3n) is 4.47. The highest BCUT2D eigenvalue weighted by Gasteiger charge is 2.16. The van der Waals surface area contributed by atoms with Gasteiger partial charge in [-0.25, -0.2) is 0 Å². The molecule has 3 aromatic rings. The number of thioether (sulfide) groups is 1. The summed E-state index contributed by atoms with van der Waals surface area (Å²) < 4.78 is 30.7. The molecule has 0 fully saturated rings. The van der Waals surface area contributed by atoms with E-state index in [4.69, 9.17) is 0 Å². The maximum absolute atomic E-state index is 12.6. The van der Waals surface area contributed by atoms with Crippen LogP contribution in [0.25, 0.3) is 5.69 Å². The maximum atomic E-state index is 12.6. The van der Waals surface area contributed by atoms with Crippen LogP contribution >= 0.6 is 11.8 Å². The largest absolute Gasteiger partial charge is 0.435 e.